The van der Waals surface area contributed by atoms with Gasteiger partial charge >= 0.3 is 0 Å². The first-order valence-electron chi connectivity index (χ1n) is 7.00. The number of β-amino-alcohol motifs (C(OH)–C–C–N with tert-alkyl or cyclic N) is 1. The van der Waals surface area contributed by atoms with Crippen molar-refractivity contribution in [1.29, 1.82) is 0 Å². The van der Waals surface area contributed by atoms with E-state index in [1.54, 1.807) is 0 Å². The van der Waals surface area contributed by atoms with Crippen LogP contribution in [0.4, 0.5) is 0 Å². The molecular weight excluding hydrogens is 256 g/mol. The lowest BCUT2D eigenvalue weighted by Gasteiger charge is -2.16. The fourth-order valence-electron chi connectivity index (χ4n) is 2.24. The van der Waals surface area contributed by atoms with Gasteiger partial charge in [-0.25, -0.2) is 0 Å². The van der Waals surface area contributed by atoms with Crippen molar-refractivity contribution in [3.63, 3.8) is 0 Å². The highest BCUT2D eigenvalue weighted by molar-refractivity contribution is 5.82. The van der Waals surface area contributed by atoms with Crippen LogP contribution >= 0.6 is 0 Å². The van der Waals surface area contributed by atoms with Crippen molar-refractivity contribution in [2.24, 2.45) is 0 Å². The molecule has 2 atom stereocenters. The number of ether oxygens (including phenoxy) is 1. The molecule has 1 saturated heterocycles. The number of hydrogen-bond acceptors (Lipinski definition) is 4. The third-order valence-corrected chi connectivity index (χ3v) is 3.21. The predicted molar refractivity (Wildman–Crippen MR) is 76.5 cm³/mol. The van der Waals surface area contributed by atoms with Gasteiger partial charge in [0.05, 0.1) is 18.2 Å². The molecule has 1 aliphatic heterocycles. The van der Waals surface area contributed by atoms with E-state index in [2.05, 4.69) is 10.6 Å². The summed E-state index contributed by atoms with van der Waals surface area (Å²) in [5.74, 6) is 0.711. The molecule has 3 N–H and O–H groups in total. The highest BCUT2D eigenvalue weighted by Crippen LogP contribution is 2.19. The summed E-state index contributed by atoms with van der Waals surface area (Å²) in [6, 6.07) is 7.38. The van der Waals surface area contributed by atoms with E-state index in [0.29, 0.717) is 19.5 Å². The molecule has 2 rings (SSSR count). The Kier molecular flexibility index (Phi) is 4.98. The molecule has 1 fully saturated rings. The van der Waals surface area contributed by atoms with Crippen LogP contribution in [0.25, 0.3) is 0 Å². The average molecular weight is 278 g/mol. The molecule has 0 spiro atoms. The summed E-state index contributed by atoms with van der Waals surface area (Å²) in [6.45, 7) is 4.85. The Labute approximate surface area is 119 Å². The first-order chi connectivity index (χ1) is 9.56. The minimum atomic E-state index is -0.428. The van der Waals surface area contributed by atoms with E-state index in [1.807, 2.05) is 38.1 Å². The number of carbonyl (C=O) groups excluding carboxylic acids is 1. The van der Waals surface area contributed by atoms with Crippen molar-refractivity contribution in [2.45, 2.75) is 45.1 Å². The van der Waals surface area contributed by atoms with Gasteiger partial charge in [0.15, 0.2) is 0 Å². The largest absolute Gasteiger partial charge is 0.491 e. The number of hydrogen-bond donors (Lipinski definition) is 3. The fraction of sp³-hybridized carbons (Fsp3) is 0.533. The molecule has 20 heavy (non-hydrogen) atoms. The van der Waals surface area contributed by atoms with E-state index in [0.717, 1.165) is 11.3 Å². The standard InChI is InChI=1S/C15H22N2O3/c1-10(2)20-14-6-4-3-5-11(14)8-17-15(19)13-7-12(18)9-16-13/h3-6,10,12-13,16,18H,7-9H2,1-2H3,(H,17,19)/t12-,13+/m1/s1. The summed E-state index contributed by atoms with van der Waals surface area (Å²) in [4.78, 5) is 12.0. The van der Waals surface area contributed by atoms with Crippen LogP contribution in [0.2, 0.25) is 0 Å². The van der Waals surface area contributed by atoms with Gasteiger partial charge in [-0.15, -0.1) is 0 Å². The normalized spacial score (nSPS) is 22.0. The van der Waals surface area contributed by atoms with Crippen LogP contribution in [0.15, 0.2) is 24.3 Å². The molecule has 1 aromatic carbocycles. The molecule has 5 nitrogen and oxygen atoms in total. The average Bonchev–Trinajstić information content (AvgIpc) is 2.83. The molecule has 1 aliphatic rings. The van der Waals surface area contributed by atoms with Crippen LogP contribution in [0.5, 0.6) is 5.75 Å². The highest BCUT2D eigenvalue weighted by atomic mass is 16.5. The Morgan fingerprint density at radius 2 is 2.25 bits per heavy atom. The summed E-state index contributed by atoms with van der Waals surface area (Å²) < 4.78 is 5.71. The maximum Gasteiger partial charge on any atom is 0.237 e. The van der Waals surface area contributed by atoms with Crippen molar-refractivity contribution in [3.05, 3.63) is 29.8 Å². The van der Waals surface area contributed by atoms with Gasteiger partial charge in [-0.2, -0.15) is 0 Å². The third-order valence-electron chi connectivity index (χ3n) is 3.21. The number of amides is 1. The lowest BCUT2D eigenvalue weighted by molar-refractivity contribution is -0.123. The molecule has 1 aromatic rings. The molecule has 0 aromatic heterocycles. The van der Waals surface area contributed by atoms with E-state index < -0.39 is 6.10 Å². The molecular formula is C15H22N2O3. The molecule has 0 saturated carbocycles. The third kappa shape index (κ3) is 3.95. The predicted octanol–water partition coefficient (Wildman–Crippen LogP) is 0.813. The van der Waals surface area contributed by atoms with Gasteiger partial charge in [-0.1, -0.05) is 18.2 Å². The number of carbonyl (C=O) groups is 1. The Morgan fingerprint density at radius 3 is 2.90 bits per heavy atom. The second kappa shape index (κ2) is 6.72. The quantitative estimate of drug-likeness (QED) is 0.745. The number of aliphatic hydroxyl groups is 1. The van der Waals surface area contributed by atoms with Crippen LogP contribution in [0.3, 0.4) is 0 Å². The van der Waals surface area contributed by atoms with E-state index in [-0.39, 0.29) is 18.1 Å². The van der Waals surface area contributed by atoms with Gasteiger partial charge in [0, 0.05) is 18.7 Å². The summed E-state index contributed by atoms with van der Waals surface area (Å²) in [5.41, 5.74) is 0.952. The summed E-state index contributed by atoms with van der Waals surface area (Å²) in [6.07, 6.45) is 0.136. The minimum Gasteiger partial charge on any atom is -0.491 e. The second-order valence-electron chi connectivity index (χ2n) is 5.34. The van der Waals surface area contributed by atoms with E-state index in [1.165, 1.54) is 0 Å². The van der Waals surface area contributed by atoms with Gasteiger partial charge in [-0.3, -0.25) is 4.79 Å². The van der Waals surface area contributed by atoms with Crippen LogP contribution in [0.1, 0.15) is 25.8 Å². The first-order valence-corrected chi connectivity index (χ1v) is 7.00. The van der Waals surface area contributed by atoms with Crippen molar-refractivity contribution in [3.8, 4) is 5.75 Å². The fourth-order valence-corrected chi connectivity index (χ4v) is 2.24. The lowest BCUT2D eigenvalue weighted by atomic mass is 10.1. The maximum atomic E-state index is 12.0. The Hall–Kier alpha value is -1.59. The summed E-state index contributed by atoms with van der Waals surface area (Å²) in [7, 11) is 0. The van der Waals surface area contributed by atoms with Crippen molar-refractivity contribution < 1.29 is 14.6 Å². The van der Waals surface area contributed by atoms with Crippen LogP contribution in [0, 0.1) is 0 Å². The van der Waals surface area contributed by atoms with E-state index >= 15 is 0 Å². The molecule has 0 unspecified atom stereocenters. The zero-order chi connectivity index (χ0) is 14.5. The van der Waals surface area contributed by atoms with Gasteiger partial charge in [0.1, 0.15) is 5.75 Å². The molecule has 0 radical (unpaired) electrons. The van der Waals surface area contributed by atoms with Crippen LogP contribution < -0.4 is 15.4 Å². The monoisotopic (exact) mass is 278 g/mol. The topological polar surface area (TPSA) is 70.6 Å². The van der Waals surface area contributed by atoms with E-state index in [4.69, 9.17) is 4.74 Å². The molecule has 5 heteroatoms. The number of nitrogens with one attached hydrogen (secondary N) is 2. The highest BCUT2D eigenvalue weighted by Gasteiger charge is 2.27. The van der Waals surface area contributed by atoms with Crippen molar-refractivity contribution >= 4 is 5.91 Å². The van der Waals surface area contributed by atoms with Crippen LogP contribution in [-0.2, 0) is 11.3 Å². The maximum absolute atomic E-state index is 12.0. The Balaban J connectivity index is 1.92. The second-order valence-corrected chi connectivity index (χ2v) is 5.34. The first kappa shape index (κ1) is 14.8. The molecule has 0 aliphatic carbocycles. The van der Waals surface area contributed by atoms with Crippen molar-refractivity contribution in [1.82, 2.24) is 10.6 Å². The Bertz CT molecular complexity index is 462. The smallest absolute Gasteiger partial charge is 0.237 e. The van der Waals surface area contributed by atoms with Crippen LogP contribution in [-0.4, -0.2) is 35.8 Å². The summed E-state index contributed by atoms with van der Waals surface area (Å²) in [5, 5.41) is 15.3. The number of aliphatic hydroxyl groups excluding tert-OH is 1. The zero-order valence-corrected chi connectivity index (χ0v) is 11.9. The van der Waals surface area contributed by atoms with Gasteiger partial charge in [0.25, 0.3) is 0 Å². The minimum absolute atomic E-state index is 0.0825. The Morgan fingerprint density at radius 1 is 1.50 bits per heavy atom. The number of benzene rings is 1. The molecule has 110 valence electrons. The zero-order valence-electron chi connectivity index (χ0n) is 11.9. The number of para-hydroxylation sites is 1. The van der Waals surface area contributed by atoms with Gasteiger partial charge in [0.2, 0.25) is 5.91 Å². The molecule has 1 amide bonds. The lowest BCUT2D eigenvalue weighted by Crippen LogP contribution is -2.40. The van der Waals surface area contributed by atoms with Gasteiger partial charge in [-0.05, 0) is 26.3 Å². The van der Waals surface area contributed by atoms with Crippen molar-refractivity contribution in [2.75, 3.05) is 6.54 Å². The SMILES string of the molecule is CC(C)Oc1ccccc1CNC(=O)[C@@H]1C[C@@H](O)CN1. The molecule has 0 bridgehead atoms. The summed E-state index contributed by atoms with van der Waals surface area (Å²) >= 11 is 0. The van der Waals surface area contributed by atoms with E-state index in [9.17, 15) is 9.90 Å². The molecule has 1 heterocycles. The van der Waals surface area contributed by atoms with Gasteiger partial charge < -0.3 is 20.5 Å². The number of rotatable bonds is 5.